The molecule has 0 spiro atoms. The van der Waals surface area contributed by atoms with Gasteiger partial charge < -0.3 is 14.6 Å². The Morgan fingerprint density at radius 2 is 1.96 bits per heavy atom. The summed E-state index contributed by atoms with van der Waals surface area (Å²) in [7, 11) is 0. The van der Waals surface area contributed by atoms with E-state index >= 15 is 0 Å². The zero-order valence-electron chi connectivity index (χ0n) is 13.8. The Bertz CT molecular complexity index is 865. The van der Waals surface area contributed by atoms with Crippen molar-refractivity contribution >= 4 is 17.3 Å². The van der Waals surface area contributed by atoms with Gasteiger partial charge >= 0.3 is 0 Å². The molecule has 5 nitrogen and oxygen atoms in total. The SMILES string of the molecule is Cc1ccc(C2C(c3ccccn3)NC(=S)N2Cc2ccncc2)o1. The zero-order chi connectivity index (χ0) is 17.2. The van der Waals surface area contributed by atoms with Crippen LogP contribution in [0, 0.1) is 6.92 Å². The number of aromatic nitrogens is 2. The van der Waals surface area contributed by atoms with Gasteiger partial charge in [-0.3, -0.25) is 9.97 Å². The number of furan rings is 1. The molecular formula is C19H18N4OS. The molecule has 4 heterocycles. The predicted octanol–water partition coefficient (Wildman–Crippen LogP) is 3.55. The second kappa shape index (κ2) is 6.64. The van der Waals surface area contributed by atoms with Crippen LogP contribution in [-0.4, -0.2) is 20.0 Å². The van der Waals surface area contributed by atoms with Gasteiger partial charge in [-0.05, 0) is 61.1 Å². The Hall–Kier alpha value is -2.73. The van der Waals surface area contributed by atoms with Gasteiger partial charge in [-0.2, -0.15) is 0 Å². The average Bonchev–Trinajstić information content (AvgIpc) is 3.20. The van der Waals surface area contributed by atoms with E-state index in [-0.39, 0.29) is 12.1 Å². The van der Waals surface area contributed by atoms with Crippen LogP contribution in [0.2, 0.25) is 0 Å². The Morgan fingerprint density at radius 1 is 1.12 bits per heavy atom. The van der Waals surface area contributed by atoms with Crippen molar-refractivity contribution in [3.8, 4) is 0 Å². The summed E-state index contributed by atoms with van der Waals surface area (Å²) in [6, 6.07) is 13.8. The van der Waals surface area contributed by atoms with Gasteiger partial charge in [-0.15, -0.1) is 0 Å². The Labute approximate surface area is 151 Å². The molecule has 0 bridgehead atoms. The Balaban J connectivity index is 1.72. The van der Waals surface area contributed by atoms with E-state index in [1.54, 1.807) is 18.6 Å². The topological polar surface area (TPSA) is 54.2 Å². The minimum atomic E-state index is -0.0545. The molecule has 1 aliphatic rings. The number of thiocarbonyl (C=S) groups is 1. The van der Waals surface area contributed by atoms with Crippen molar-refractivity contribution in [3.05, 3.63) is 83.8 Å². The lowest BCUT2D eigenvalue weighted by molar-refractivity contribution is 0.264. The summed E-state index contributed by atoms with van der Waals surface area (Å²) in [5.41, 5.74) is 2.09. The highest BCUT2D eigenvalue weighted by Gasteiger charge is 2.41. The van der Waals surface area contributed by atoms with Crippen LogP contribution in [0.4, 0.5) is 0 Å². The highest BCUT2D eigenvalue weighted by Crippen LogP contribution is 2.39. The first-order chi connectivity index (χ1) is 12.2. The minimum absolute atomic E-state index is 0.0516. The van der Waals surface area contributed by atoms with Gasteiger partial charge in [-0.25, -0.2) is 0 Å². The largest absolute Gasteiger partial charge is 0.464 e. The van der Waals surface area contributed by atoms with Gasteiger partial charge in [0, 0.05) is 25.1 Å². The standard InChI is InChI=1S/C19H18N4OS/c1-13-5-6-16(24-13)18-17(15-4-2-3-9-21-15)22-19(25)23(18)12-14-7-10-20-11-8-14/h2-11,17-18H,12H2,1H3,(H,22,25). The summed E-state index contributed by atoms with van der Waals surface area (Å²) < 4.78 is 5.95. The monoisotopic (exact) mass is 350 g/mol. The maximum absolute atomic E-state index is 5.95. The normalized spacial score (nSPS) is 19.9. The molecule has 3 aromatic rings. The van der Waals surface area contributed by atoms with Gasteiger partial charge in [0.25, 0.3) is 0 Å². The molecular weight excluding hydrogens is 332 g/mol. The molecule has 0 amide bonds. The van der Waals surface area contributed by atoms with Crippen molar-refractivity contribution in [1.29, 1.82) is 0 Å². The van der Waals surface area contributed by atoms with E-state index in [1.165, 1.54) is 0 Å². The third kappa shape index (κ3) is 3.13. The van der Waals surface area contributed by atoms with Gasteiger partial charge in [0.15, 0.2) is 5.11 Å². The molecule has 1 N–H and O–H groups in total. The lowest BCUT2D eigenvalue weighted by atomic mass is 10.0. The van der Waals surface area contributed by atoms with E-state index in [0.29, 0.717) is 11.7 Å². The molecule has 6 heteroatoms. The Morgan fingerprint density at radius 3 is 2.64 bits per heavy atom. The van der Waals surface area contributed by atoms with Crippen LogP contribution in [-0.2, 0) is 6.54 Å². The fraction of sp³-hybridized carbons (Fsp3) is 0.211. The third-order valence-electron chi connectivity index (χ3n) is 4.35. The number of aryl methyl sites for hydroxylation is 1. The zero-order valence-corrected chi connectivity index (χ0v) is 14.6. The summed E-state index contributed by atoms with van der Waals surface area (Å²) in [6.45, 7) is 2.63. The number of nitrogens with one attached hydrogen (secondary N) is 1. The molecule has 1 fully saturated rings. The van der Waals surface area contributed by atoms with Crippen LogP contribution >= 0.6 is 12.2 Å². The number of hydrogen-bond donors (Lipinski definition) is 1. The summed E-state index contributed by atoms with van der Waals surface area (Å²) >= 11 is 5.63. The van der Waals surface area contributed by atoms with E-state index in [0.717, 1.165) is 22.8 Å². The highest BCUT2D eigenvalue weighted by molar-refractivity contribution is 7.80. The molecule has 0 saturated carbocycles. The highest BCUT2D eigenvalue weighted by atomic mass is 32.1. The number of rotatable bonds is 4. The van der Waals surface area contributed by atoms with Crippen molar-refractivity contribution in [1.82, 2.24) is 20.2 Å². The van der Waals surface area contributed by atoms with Crippen molar-refractivity contribution in [2.24, 2.45) is 0 Å². The maximum atomic E-state index is 5.95. The molecule has 0 aromatic carbocycles. The van der Waals surface area contributed by atoms with Crippen LogP contribution in [0.3, 0.4) is 0 Å². The molecule has 0 radical (unpaired) electrons. The second-order valence-corrected chi connectivity index (χ2v) is 6.45. The van der Waals surface area contributed by atoms with E-state index in [9.17, 15) is 0 Å². The molecule has 1 saturated heterocycles. The summed E-state index contributed by atoms with van der Waals surface area (Å²) in [5.74, 6) is 1.77. The van der Waals surface area contributed by atoms with Crippen LogP contribution in [0.5, 0.6) is 0 Å². The van der Waals surface area contributed by atoms with Gasteiger partial charge in [0.1, 0.15) is 17.6 Å². The van der Waals surface area contributed by atoms with E-state index in [1.807, 2.05) is 49.4 Å². The summed E-state index contributed by atoms with van der Waals surface area (Å²) in [5, 5.41) is 4.12. The number of pyridine rings is 2. The van der Waals surface area contributed by atoms with Gasteiger partial charge in [0.05, 0.1) is 11.7 Å². The fourth-order valence-electron chi connectivity index (χ4n) is 3.18. The molecule has 4 rings (SSSR count). The van der Waals surface area contributed by atoms with E-state index in [2.05, 4.69) is 20.2 Å². The number of hydrogen-bond acceptors (Lipinski definition) is 4. The fourth-order valence-corrected chi connectivity index (χ4v) is 3.49. The first-order valence-corrected chi connectivity index (χ1v) is 8.56. The lowest BCUT2D eigenvalue weighted by Gasteiger charge is -2.26. The molecule has 0 aliphatic carbocycles. The third-order valence-corrected chi connectivity index (χ3v) is 4.71. The smallest absolute Gasteiger partial charge is 0.170 e. The lowest BCUT2D eigenvalue weighted by Crippen LogP contribution is -2.29. The summed E-state index contributed by atoms with van der Waals surface area (Å²) in [6.07, 6.45) is 5.39. The molecule has 3 aromatic heterocycles. The molecule has 25 heavy (non-hydrogen) atoms. The van der Waals surface area contributed by atoms with Gasteiger partial charge in [0.2, 0.25) is 0 Å². The van der Waals surface area contributed by atoms with Crippen LogP contribution in [0.1, 0.15) is 34.9 Å². The average molecular weight is 350 g/mol. The molecule has 2 unspecified atom stereocenters. The maximum Gasteiger partial charge on any atom is 0.170 e. The van der Waals surface area contributed by atoms with Crippen molar-refractivity contribution < 1.29 is 4.42 Å². The van der Waals surface area contributed by atoms with Crippen LogP contribution in [0.25, 0.3) is 0 Å². The minimum Gasteiger partial charge on any atom is -0.464 e. The molecule has 2 atom stereocenters. The molecule has 126 valence electrons. The number of nitrogens with zero attached hydrogens (tertiary/aromatic N) is 3. The van der Waals surface area contributed by atoms with Crippen LogP contribution < -0.4 is 5.32 Å². The quantitative estimate of drug-likeness (QED) is 0.726. The second-order valence-electron chi connectivity index (χ2n) is 6.06. The predicted molar refractivity (Wildman–Crippen MR) is 98.7 cm³/mol. The summed E-state index contributed by atoms with van der Waals surface area (Å²) in [4.78, 5) is 10.8. The van der Waals surface area contributed by atoms with Crippen LogP contribution in [0.15, 0.2) is 65.5 Å². The molecule has 1 aliphatic heterocycles. The van der Waals surface area contributed by atoms with Crippen molar-refractivity contribution in [3.63, 3.8) is 0 Å². The van der Waals surface area contributed by atoms with E-state index in [4.69, 9.17) is 16.6 Å². The first-order valence-electron chi connectivity index (χ1n) is 8.15. The van der Waals surface area contributed by atoms with Crippen molar-refractivity contribution in [2.75, 3.05) is 0 Å². The first kappa shape index (κ1) is 15.8. The Kier molecular flexibility index (Phi) is 4.19. The van der Waals surface area contributed by atoms with E-state index < -0.39 is 0 Å². The van der Waals surface area contributed by atoms with Crippen molar-refractivity contribution in [2.45, 2.75) is 25.6 Å². The van der Waals surface area contributed by atoms with Gasteiger partial charge in [-0.1, -0.05) is 6.07 Å².